The number of hydrogen-bond donors (Lipinski definition) is 1. The summed E-state index contributed by atoms with van der Waals surface area (Å²) < 4.78 is 38.0. The van der Waals surface area contributed by atoms with E-state index in [0.717, 1.165) is 0 Å². The second-order valence-corrected chi connectivity index (χ2v) is 6.61. The Hall–Kier alpha value is -3.83. The van der Waals surface area contributed by atoms with Gasteiger partial charge in [-0.15, -0.1) is 4.80 Å². The highest BCUT2D eigenvalue weighted by molar-refractivity contribution is 5.96. The van der Waals surface area contributed by atoms with Crippen LogP contribution in [0.3, 0.4) is 0 Å². The Labute approximate surface area is 182 Å². The number of hydrogen-bond acceptors (Lipinski definition) is 7. The van der Waals surface area contributed by atoms with Crippen molar-refractivity contribution in [3.05, 3.63) is 65.6 Å². The van der Waals surface area contributed by atoms with Gasteiger partial charge in [0, 0.05) is 30.3 Å². The van der Waals surface area contributed by atoms with Crippen molar-refractivity contribution in [1.29, 1.82) is 0 Å². The molecule has 12 heteroatoms. The first kappa shape index (κ1) is 22.8. The van der Waals surface area contributed by atoms with E-state index in [1.807, 2.05) is 0 Å². The average Bonchev–Trinajstić information content (AvgIpc) is 3.30. The van der Waals surface area contributed by atoms with Crippen molar-refractivity contribution in [2.75, 3.05) is 18.4 Å². The van der Waals surface area contributed by atoms with Crippen LogP contribution in [0.1, 0.15) is 35.6 Å². The number of rotatable bonds is 7. The summed E-state index contributed by atoms with van der Waals surface area (Å²) in [7, 11) is 0. The molecule has 1 amide bonds. The van der Waals surface area contributed by atoms with Gasteiger partial charge >= 0.3 is 6.18 Å². The van der Waals surface area contributed by atoms with Crippen LogP contribution in [0.5, 0.6) is 0 Å². The van der Waals surface area contributed by atoms with Gasteiger partial charge in [0.1, 0.15) is 5.69 Å². The number of allylic oxidation sites excluding steroid dienone is 1. The number of carbonyl (C=O) groups excluding carboxylic acids is 1. The monoisotopic (exact) mass is 446 g/mol. The van der Waals surface area contributed by atoms with Crippen molar-refractivity contribution < 1.29 is 18.0 Å². The number of nitrogens with one attached hydrogen (secondary N) is 1. The van der Waals surface area contributed by atoms with E-state index in [1.165, 1.54) is 22.1 Å². The SMILES string of the molecule is C/C=C(\CNc1ncc(C(F)(F)F)cn1)N(CC)C(=O)c1nc(C)ccc1-n1nccn1. The lowest BCUT2D eigenvalue weighted by Gasteiger charge is -2.25. The fraction of sp³-hybridized carbons (Fsp3) is 0.300. The van der Waals surface area contributed by atoms with Gasteiger partial charge in [0.25, 0.3) is 5.91 Å². The Kier molecular flexibility index (Phi) is 6.81. The Morgan fingerprint density at radius 2 is 1.84 bits per heavy atom. The molecule has 3 rings (SSSR count). The molecule has 0 saturated carbocycles. The summed E-state index contributed by atoms with van der Waals surface area (Å²) in [4.78, 5) is 28.0. The molecule has 9 nitrogen and oxygen atoms in total. The third-order valence-electron chi connectivity index (χ3n) is 4.50. The van der Waals surface area contributed by atoms with Gasteiger partial charge in [0.15, 0.2) is 5.69 Å². The van der Waals surface area contributed by atoms with Gasteiger partial charge in [0.2, 0.25) is 5.95 Å². The first-order valence-corrected chi connectivity index (χ1v) is 9.69. The van der Waals surface area contributed by atoms with Gasteiger partial charge in [-0.1, -0.05) is 6.08 Å². The van der Waals surface area contributed by atoms with E-state index < -0.39 is 11.7 Å². The molecule has 0 aromatic carbocycles. The minimum absolute atomic E-state index is 0.0102. The first-order chi connectivity index (χ1) is 15.2. The molecule has 3 heterocycles. The smallest absolute Gasteiger partial charge is 0.349 e. The average molecular weight is 446 g/mol. The molecular weight excluding hydrogens is 425 g/mol. The minimum Gasteiger partial charge on any atom is -0.349 e. The molecular formula is C20H21F3N8O. The number of likely N-dealkylation sites (N-methyl/N-ethyl adjacent to an activating group) is 1. The highest BCUT2D eigenvalue weighted by Crippen LogP contribution is 2.28. The number of carbonyl (C=O) groups is 1. The second-order valence-electron chi connectivity index (χ2n) is 6.61. The van der Waals surface area contributed by atoms with Crippen molar-refractivity contribution in [3.63, 3.8) is 0 Å². The highest BCUT2D eigenvalue weighted by atomic mass is 19.4. The molecule has 0 unspecified atom stereocenters. The zero-order chi connectivity index (χ0) is 23.3. The summed E-state index contributed by atoms with van der Waals surface area (Å²) in [6.07, 6.45) is 1.61. The van der Waals surface area contributed by atoms with Gasteiger partial charge in [-0.3, -0.25) is 4.79 Å². The van der Waals surface area contributed by atoms with Crippen LogP contribution in [0, 0.1) is 6.92 Å². The van der Waals surface area contributed by atoms with Gasteiger partial charge in [-0.25, -0.2) is 15.0 Å². The summed E-state index contributed by atoms with van der Waals surface area (Å²) in [6.45, 7) is 5.77. The van der Waals surface area contributed by atoms with Crippen molar-refractivity contribution >= 4 is 11.9 Å². The Bertz CT molecular complexity index is 1100. The van der Waals surface area contributed by atoms with Crippen molar-refractivity contribution in [3.8, 4) is 5.69 Å². The van der Waals surface area contributed by atoms with Crippen LogP contribution >= 0.6 is 0 Å². The van der Waals surface area contributed by atoms with Crippen LogP contribution in [0.15, 0.2) is 48.7 Å². The standard InChI is InChI=1S/C20H21F3N8O/c1-4-15(12-26-19-24-10-14(11-25-19)20(21,22)23)30(5-2)18(32)17-16(7-6-13(3)29-17)31-27-8-9-28-31/h4,6-11H,5,12H2,1-3H3,(H,24,25,26)/b15-4+. The predicted octanol–water partition coefficient (Wildman–Crippen LogP) is 3.26. The maximum Gasteiger partial charge on any atom is 0.419 e. The first-order valence-electron chi connectivity index (χ1n) is 9.69. The molecule has 32 heavy (non-hydrogen) atoms. The van der Waals surface area contributed by atoms with Crippen LogP contribution in [0.2, 0.25) is 0 Å². The highest BCUT2D eigenvalue weighted by Gasteiger charge is 2.31. The fourth-order valence-electron chi connectivity index (χ4n) is 2.90. The summed E-state index contributed by atoms with van der Waals surface area (Å²) in [5.41, 5.74) is 0.888. The molecule has 3 aromatic rings. The van der Waals surface area contributed by atoms with Crippen LogP contribution in [0.4, 0.5) is 19.1 Å². The molecule has 0 aliphatic carbocycles. The maximum absolute atomic E-state index is 13.4. The normalized spacial score (nSPS) is 12.0. The number of nitrogens with zero attached hydrogens (tertiary/aromatic N) is 7. The fourth-order valence-corrected chi connectivity index (χ4v) is 2.90. The van der Waals surface area contributed by atoms with E-state index >= 15 is 0 Å². The Morgan fingerprint density at radius 3 is 2.41 bits per heavy atom. The number of aryl methyl sites for hydroxylation is 1. The molecule has 0 radical (unpaired) electrons. The molecule has 0 aliphatic rings. The molecule has 0 aliphatic heterocycles. The number of aromatic nitrogens is 6. The van der Waals surface area contributed by atoms with E-state index in [0.29, 0.717) is 36.0 Å². The second kappa shape index (κ2) is 9.54. The van der Waals surface area contributed by atoms with Gasteiger partial charge in [-0.05, 0) is 32.9 Å². The Balaban J connectivity index is 1.81. The summed E-state index contributed by atoms with van der Waals surface area (Å²) in [6, 6.07) is 3.47. The zero-order valence-corrected chi connectivity index (χ0v) is 17.6. The lowest BCUT2D eigenvalue weighted by Crippen LogP contribution is -2.34. The third-order valence-corrected chi connectivity index (χ3v) is 4.50. The lowest BCUT2D eigenvalue weighted by molar-refractivity contribution is -0.138. The minimum atomic E-state index is -4.51. The Morgan fingerprint density at radius 1 is 1.19 bits per heavy atom. The van der Waals surface area contributed by atoms with Crippen molar-refractivity contribution in [2.24, 2.45) is 0 Å². The quantitative estimate of drug-likeness (QED) is 0.594. The number of anilines is 1. The molecule has 0 fully saturated rings. The lowest BCUT2D eigenvalue weighted by atomic mass is 10.2. The summed E-state index contributed by atoms with van der Waals surface area (Å²) >= 11 is 0. The summed E-state index contributed by atoms with van der Waals surface area (Å²) in [5, 5.41) is 11.0. The van der Waals surface area contributed by atoms with Crippen LogP contribution < -0.4 is 5.32 Å². The molecule has 0 bridgehead atoms. The van der Waals surface area contributed by atoms with Gasteiger partial charge in [0.05, 0.1) is 24.5 Å². The predicted molar refractivity (Wildman–Crippen MR) is 110 cm³/mol. The molecule has 168 valence electrons. The van der Waals surface area contributed by atoms with Gasteiger partial charge in [-0.2, -0.15) is 23.4 Å². The number of amides is 1. The molecule has 3 aromatic heterocycles. The van der Waals surface area contributed by atoms with Crippen molar-refractivity contribution in [2.45, 2.75) is 26.9 Å². The maximum atomic E-state index is 13.4. The summed E-state index contributed by atoms with van der Waals surface area (Å²) in [5.74, 6) is -0.359. The largest absolute Gasteiger partial charge is 0.419 e. The molecule has 0 atom stereocenters. The van der Waals surface area contributed by atoms with E-state index in [4.69, 9.17) is 0 Å². The third kappa shape index (κ3) is 5.07. The van der Waals surface area contributed by atoms with Gasteiger partial charge < -0.3 is 10.2 Å². The number of alkyl halides is 3. The van der Waals surface area contributed by atoms with E-state index in [2.05, 4.69) is 30.5 Å². The van der Waals surface area contributed by atoms with Crippen LogP contribution in [-0.2, 0) is 6.18 Å². The van der Waals surface area contributed by atoms with Crippen molar-refractivity contribution in [1.82, 2.24) is 34.8 Å². The molecule has 0 saturated heterocycles. The number of pyridine rings is 1. The van der Waals surface area contributed by atoms with E-state index in [1.54, 1.807) is 39.0 Å². The van der Waals surface area contributed by atoms with Crippen LogP contribution in [0.25, 0.3) is 5.69 Å². The number of halogens is 3. The van der Waals surface area contributed by atoms with Crippen LogP contribution in [-0.4, -0.2) is 53.8 Å². The molecule has 1 N–H and O–H groups in total. The van der Waals surface area contributed by atoms with E-state index in [9.17, 15) is 18.0 Å². The molecule has 0 spiro atoms. The zero-order valence-electron chi connectivity index (χ0n) is 17.6. The van der Waals surface area contributed by atoms with E-state index in [-0.39, 0.29) is 24.1 Å². The topological polar surface area (TPSA) is 102 Å².